The maximum atomic E-state index is 15.3. The number of sulfonamides is 1. The Balaban J connectivity index is 1.49. The molecule has 4 aromatic rings. The molecule has 0 aliphatic heterocycles. The zero-order chi connectivity index (χ0) is 40.1. The molecule has 0 fully saturated rings. The molecule has 288 valence electrons. The van der Waals surface area contributed by atoms with Gasteiger partial charge in [-0.2, -0.15) is 0 Å². The van der Waals surface area contributed by atoms with Gasteiger partial charge in [-0.3, -0.25) is 19.1 Å². The second-order valence-electron chi connectivity index (χ2n) is 14.1. The van der Waals surface area contributed by atoms with E-state index in [9.17, 15) is 32.4 Å². The van der Waals surface area contributed by atoms with E-state index < -0.39 is 67.5 Å². The van der Waals surface area contributed by atoms with Crippen LogP contribution in [0.3, 0.4) is 0 Å². The van der Waals surface area contributed by atoms with Crippen LogP contribution in [0.5, 0.6) is 0 Å². The Kier molecular flexibility index (Phi) is 12.6. The third kappa shape index (κ3) is 10.0. The standard InChI is InChI=1S/C37H42F2N6O8S/c1-21(2)20-53-34(48)29(14-8-23-9-15-31(40-19-23)45-32(46)16-22(3)44(7)36(45)50)42-33(47)26-17-28(39)30(18-27(26)38)43-54(51,52)25-12-10-24(11-13-25)41-35(49)37(4,5)6/h9-13,15-19,21,29,43H,8,14,20H2,1-7H3,(H,41,49)(H,42,47)/t29-/m0/s1. The number of benzene rings is 2. The first kappa shape index (κ1) is 41.1. The summed E-state index contributed by atoms with van der Waals surface area (Å²) >= 11 is 0. The molecule has 54 heavy (non-hydrogen) atoms. The predicted molar refractivity (Wildman–Crippen MR) is 197 cm³/mol. The van der Waals surface area contributed by atoms with Crippen LogP contribution < -0.4 is 26.6 Å². The number of nitrogens with one attached hydrogen (secondary N) is 3. The minimum Gasteiger partial charge on any atom is -0.464 e. The van der Waals surface area contributed by atoms with Crippen molar-refractivity contribution in [2.24, 2.45) is 18.4 Å². The first-order chi connectivity index (χ1) is 25.2. The maximum absolute atomic E-state index is 15.3. The summed E-state index contributed by atoms with van der Waals surface area (Å²) in [5.41, 5.74) is -2.06. The number of pyridine rings is 1. The molecule has 2 aromatic carbocycles. The zero-order valence-corrected chi connectivity index (χ0v) is 31.6. The van der Waals surface area contributed by atoms with Gasteiger partial charge < -0.3 is 19.9 Å². The molecule has 0 bridgehead atoms. The van der Waals surface area contributed by atoms with Gasteiger partial charge in [0.05, 0.1) is 22.8 Å². The van der Waals surface area contributed by atoms with Crippen LogP contribution in [-0.2, 0) is 37.8 Å². The molecule has 0 radical (unpaired) electrons. The van der Waals surface area contributed by atoms with Crippen molar-refractivity contribution in [3.63, 3.8) is 0 Å². The van der Waals surface area contributed by atoms with Crippen LogP contribution in [0.2, 0.25) is 0 Å². The van der Waals surface area contributed by atoms with Crippen molar-refractivity contribution in [1.82, 2.24) is 19.4 Å². The maximum Gasteiger partial charge on any atom is 0.336 e. The molecule has 0 saturated carbocycles. The van der Waals surface area contributed by atoms with Gasteiger partial charge in [0.25, 0.3) is 21.5 Å². The van der Waals surface area contributed by atoms with E-state index in [4.69, 9.17) is 4.74 Å². The normalized spacial score (nSPS) is 12.3. The summed E-state index contributed by atoms with van der Waals surface area (Å²) in [6, 6.07) is 9.05. The third-order valence-corrected chi connectivity index (χ3v) is 9.50. The molecule has 0 saturated heterocycles. The number of amides is 2. The van der Waals surface area contributed by atoms with Gasteiger partial charge in [-0.1, -0.05) is 40.7 Å². The number of nitrogens with zero attached hydrogens (tertiary/aromatic N) is 3. The van der Waals surface area contributed by atoms with E-state index in [-0.39, 0.29) is 42.0 Å². The molecule has 0 aliphatic rings. The minimum atomic E-state index is -4.43. The van der Waals surface area contributed by atoms with Crippen molar-refractivity contribution in [2.45, 2.75) is 65.3 Å². The summed E-state index contributed by atoms with van der Waals surface area (Å²) in [5.74, 6) is -4.81. The fourth-order valence-corrected chi connectivity index (χ4v) is 5.89. The highest BCUT2D eigenvalue weighted by molar-refractivity contribution is 7.92. The smallest absolute Gasteiger partial charge is 0.336 e. The van der Waals surface area contributed by atoms with Crippen LogP contribution in [0.4, 0.5) is 20.2 Å². The first-order valence-electron chi connectivity index (χ1n) is 16.8. The second kappa shape index (κ2) is 16.5. The fraction of sp³-hybridized carbons (Fsp3) is 0.351. The third-order valence-electron chi connectivity index (χ3n) is 8.12. The summed E-state index contributed by atoms with van der Waals surface area (Å²) in [6.07, 6.45) is 1.47. The Morgan fingerprint density at radius 2 is 1.63 bits per heavy atom. The highest BCUT2D eigenvalue weighted by Gasteiger charge is 2.27. The Bertz CT molecular complexity index is 2280. The lowest BCUT2D eigenvalue weighted by Gasteiger charge is -2.19. The molecular weight excluding hydrogens is 727 g/mol. The molecule has 14 nitrogen and oxygen atoms in total. The van der Waals surface area contributed by atoms with Crippen molar-refractivity contribution in [3.05, 3.63) is 110 Å². The van der Waals surface area contributed by atoms with E-state index in [1.165, 1.54) is 54.2 Å². The van der Waals surface area contributed by atoms with E-state index in [2.05, 4.69) is 15.6 Å². The van der Waals surface area contributed by atoms with Crippen LogP contribution in [-0.4, -0.2) is 53.0 Å². The fourth-order valence-electron chi connectivity index (χ4n) is 4.83. The van der Waals surface area contributed by atoms with Crippen LogP contribution in [0.1, 0.15) is 62.7 Å². The Morgan fingerprint density at radius 3 is 2.22 bits per heavy atom. The van der Waals surface area contributed by atoms with Gasteiger partial charge in [0.1, 0.15) is 23.5 Å². The largest absolute Gasteiger partial charge is 0.464 e. The number of carbonyl (C=O) groups is 3. The number of halogens is 2. The first-order valence-corrected chi connectivity index (χ1v) is 18.3. The molecule has 0 spiro atoms. The van der Waals surface area contributed by atoms with Gasteiger partial charge in [-0.25, -0.2) is 36.3 Å². The van der Waals surface area contributed by atoms with Crippen LogP contribution in [0.15, 0.2) is 75.3 Å². The number of aromatic nitrogens is 3. The molecule has 0 unspecified atom stereocenters. The Labute approximate surface area is 310 Å². The summed E-state index contributed by atoms with van der Waals surface area (Å²) in [4.78, 5) is 67.5. The van der Waals surface area contributed by atoms with Crippen LogP contribution in [0.25, 0.3) is 5.82 Å². The van der Waals surface area contributed by atoms with Crippen molar-refractivity contribution in [3.8, 4) is 5.82 Å². The summed E-state index contributed by atoms with van der Waals surface area (Å²) < 4.78 is 66.0. The molecule has 2 aromatic heterocycles. The number of carbonyl (C=O) groups excluding carboxylic acids is 3. The van der Waals surface area contributed by atoms with E-state index >= 15 is 8.78 Å². The molecule has 1 atom stereocenters. The van der Waals surface area contributed by atoms with E-state index in [0.717, 1.165) is 4.57 Å². The highest BCUT2D eigenvalue weighted by Crippen LogP contribution is 2.25. The lowest BCUT2D eigenvalue weighted by atomic mass is 9.95. The van der Waals surface area contributed by atoms with Crippen molar-refractivity contribution >= 4 is 39.2 Å². The summed E-state index contributed by atoms with van der Waals surface area (Å²) in [6.45, 7) is 10.4. The topological polar surface area (TPSA) is 188 Å². The van der Waals surface area contributed by atoms with Crippen molar-refractivity contribution in [1.29, 1.82) is 0 Å². The van der Waals surface area contributed by atoms with E-state index in [0.29, 0.717) is 29.1 Å². The molecule has 4 rings (SSSR count). The molecule has 17 heteroatoms. The SMILES string of the molecule is Cc1cc(=O)n(-c2ccc(CC[C@H](NC(=O)c3cc(F)c(NS(=O)(=O)c4ccc(NC(=O)C(C)(C)C)cc4)cc3F)C(=O)OCC(C)C)cn2)c(=O)n1C. The minimum absolute atomic E-state index is 0.0217. The number of rotatable bonds is 13. The Morgan fingerprint density at radius 1 is 0.963 bits per heavy atom. The van der Waals surface area contributed by atoms with Crippen molar-refractivity contribution < 1.29 is 36.3 Å². The quantitative estimate of drug-likeness (QED) is 0.167. The van der Waals surface area contributed by atoms with Gasteiger partial charge in [0, 0.05) is 42.2 Å². The van der Waals surface area contributed by atoms with Gasteiger partial charge >= 0.3 is 11.7 Å². The van der Waals surface area contributed by atoms with Crippen LogP contribution >= 0.6 is 0 Å². The molecule has 2 amide bonds. The van der Waals surface area contributed by atoms with E-state index in [1.54, 1.807) is 47.6 Å². The molecule has 0 aliphatic carbocycles. The number of aryl methyl sites for hydroxylation is 2. The molecule has 2 heterocycles. The summed E-state index contributed by atoms with van der Waals surface area (Å²) in [5, 5.41) is 5.03. The van der Waals surface area contributed by atoms with Crippen LogP contribution in [0, 0.1) is 29.9 Å². The predicted octanol–water partition coefficient (Wildman–Crippen LogP) is 4.23. The van der Waals surface area contributed by atoms with Gasteiger partial charge in [0.2, 0.25) is 5.91 Å². The number of ether oxygens (including phenoxy) is 1. The van der Waals surface area contributed by atoms with Gasteiger partial charge in [0.15, 0.2) is 0 Å². The van der Waals surface area contributed by atoms with Gasteiger partial charge in [-0.05, 0) is 67.6 Å². The van der Waals surface area contributed by atoms with Gasteiger partial charge in [-0.15, -0.1) is 0 Å². The lowest BCUT2D eigenvalue weighted by Crippen LogP contribution is -2.43. The van der Waals surface area contributed by atoms with E-state index in [1.807, 2.05) is 4.72 Å². The molecular formula is C37H42F2N6O8S. The number of esters is 1. The Hall–Kier alpha value is -5.71. The highest BCUT2D eigenvalue weighted by atomic mass is 32.2. The summed E-state index contributed by atoms with van der Waals surface area (Å²) in [7, 11) is -2.91. The zero-order valence-electron chi connectivity index (χ0n) is 30.8. The average molecular weight is 769 g/mol. The lowest BCUT2D eigenvalue weighted by molar-refractivity contribution is -0.147. The number of hydrogen-bond donors (Lipinski definition) is 3. The number of hydrogen-bond acceptors (Lipinski definition) is 9. The number of anilines is 2. The van der Waals surface area contributed by atoms with Crippen molar-refractivity contribution in [2.75, 3.05) is 16.6 Å². The second-order valence-corrected chi connectivity index (χ2v) is 15.7. The molecule has 3 N–H and O–H groups in total. The average Bonchev–Trinajstić information content (AvgIpc) is 3.09. The monoisotopic (exact) mass is 768 g/mol.